The van der Waals surface area contributed by atoms with E-state index in [1.807, 2.05) is 0 Å². The van der Waals surface area contributed by atoms with Crippen molar-refractivity contribution < 1.29 is 9.53 Å². The SMILES string of the molecule is CCN(CC)c1ccc(C=C2CCC(C=NNC(=O)Nc3ccc(Cl)cc3)=C2N2CCOCC2)cc1. The molecule has 1 heterocycles. The Morgan fingerprint density at radius 1 is 1.06 bits per heavy atom. The van der Waals surface area contributed by atoms with Crippen molar-refractivity contribution in [2.45, 2.75) is 26.7 Å². The number of nitrogens with one attached hydrogen (secondary N) is 2. The van der Waals surface area contributed by atoms with Crippen molar-refractivity contribution in [1.29, 1.82) is 0 Å². The van der Waals surface area contributed by atoms with E-state index in [-0.39, 0.29) is 0 Å². The number of hydrogen-bond donors (Lipinski definition) is 2. The molecule has 0 unspecified atom stereocenters. The first kappa shape index (κ1) is 25.8. The number of carbonyl (C=O) groups excluding carboxylic acids is 1. The molecule has 36 heavy (non-hydrogen) atoms. The molecule has 1 fully saturated rings. The Kier molecular flexibility index (Phi) is 9.03. The number of halogens is 1. The Hall–Kier alpha value is -3.29. The van der Waals surface area contributed by atoms with E-state index in [2.05, 4.69) is 69.8 Å². The zero-order valence-electron chi connectivity index (χ0n) is 21.0. The first-order valence-corrected chi connectivity index (χ1v) is 12.9. The van der Waals surface area contributed by atoms with Gasteiger partial charge in [0.1, 0.15) is 0 Å². The molecule has 1 saturated heterocycles. The summed E-state index contributed by atoms with van der Waals surface area (Å²) in [6.07, 6.45) is 5.86. The number of benzene rings is 2. The van der Waals surface area contributed by atoms with Crippen LogP contribution in [0.25, 0.3) is 6.08 Å². The van der Waals surface area contributed by atoms with E-state index < -0.39 is 6.03 Å². The van der Waals surface area contributed by atoms with Gasteiger partial charge < -0.3 is 19.9 Å². The van der Waals surface area contributed by atoms with E-state index in [1.165, 1.54) is 22.5 Å². The number of urea groups is 1. The lowest BCUT2D eigenvalue weighted by atomic mass is 10.1. The van der Waals surface area contributed by atoms with Crippen LogP contribution in [0.15, 0.2) is 70.5 Å². The summed E-state index contributed by atoms with van der Waals surface area (Å²) in [6.45, 7) is 9.45. The van der Waals surface area contributed by atoms with Crippen LogP contribution in [-0.2, 0) is 4.74 Å². The van der Waals surface area contributed by atoms with Crippen molar-refractivity contribution in [2.75, 3.05) is 49.6 Å². The van der Waals surface area contributed by atoms with Crippen LogP contribution in [0.5, 0.6) is 0 Å². The Morgan fingerprint density at radius 3 is 2.42 bits per heavy atom. The van der Waals surface area contributed by atoms with Gasteiger partial charge in [0.15, 0.2) is 0 Å². The van der Waals surface area contributed by atoms with E-state index >= 15 is 0 Å². The molecule has 190 valence electrons. The fraction of sp³-hybridized carbons (Fsp3) is 0.357. The lowest BCUT2D eigenvalue weighted by Gasteiger charge is -2.31. The fourth-order valence-corrected chi connectivity index (χ4v) is 4.73. The minimum atomic E-state index is -0.399. The fourth-order valence-electron chi connectivity index (χ4n) is 4.60. The quantitative estimate of drug-likeness (QED) is 0.352. The van der Waals surface area contributed by atoms with Crippen LogP contribution in [0.2, 0.25) is 5.02 Å². The number of hydrogen-bond acceptors (Lipinski definition) is 5. The normalized spacial score (nSPS) is 17.2. The third kappa shape index (κ3) is 6.68. The molecule has 0 bridgehead atoms. The van der Waals surface area contributed by atoms with Gasteiger partial charge >= 0.3 is 6.03 Å². The summed E-state index contributed by atoms with van der Waals surface area (Å²) in [7, 11) is 0. The van der Waals surface area contributed by atoms with E-state index in [0.29, 0.717) is 23.9 Å². The van der Waals surface area contributed by atoms with Crippen molar-refractivity contribution in [3.63, 3.8) is 0 Å². The lowest BCUT2D eigenvalue weighted by Crippen LogP contribution is -2.36. The molecular formula is C28H34ClN5O2. The molecule has 2 amide bonds. The number of carbonyl (C=O) groups is 1. The van der Waals surface area contributed by atoms with Gasteiger partial charge in [-0.1, -0.05) is 23.7 Å². The molecule has 2 aromatic carbocycles. The van der Waals surface area contributed by atoms with Gasteiger partial charge in [-0.3, -0.25) is 0 Å². The third-order valence-electron chi connectivity index (χ3n) is 6.45. The number of anilines is 2. The highest BCUT2D eigenvalue weighted by Gasteiger charge is 2.25. The van der Waals surface area contributed by atoms with E-state index in [1.54, 1.807) is 30.5 Å². The molecule has 4 rings (SSSR count). The van der Waals surface area contributed by atoms with Crippen molar-refractivity contribution in [3.05, 3.63) is 76.0 Å². The van der Waals surface area contributed by atoms with Crippen LogP contribution in [0.4, 0.5) is 16.2 Å². The second-order valence-electron chi connectivity index (χ2n) is 8.74. The van der Waals surface area contributed by atoms with Crippen LogP contribution in [0, 0.1) is 0 Å². The summed E-state index contributed by atoms with van der Waals surface area (Å²) >= 11 is 5.90. The Balaban J connectivity index is 1.50. The van der Waals surface area contributed by atoms with Gasteiger partial charge in [-0.05, 0) is 85.9 Å². The van der Waals surface area contributed by atoms with Crippen molar-refractivity contribution in [3.8, 4) is 0 Å². The summed E-state index contributed by atoms with van der Waals surface area (Å²) in [5.74, 6) is 0. The van der Waals surface area contributed by atoms with Gasteiger partial charge in [0.05, 0.1) is 19.4 Å². The smallest absolute Gasteiger partial charge is 0.339 e. The largest absolute Gasteiger partial charge is 0.378 e. The molecule has 0 saturated carbocycles. The molecule has 0 radical (unpaired) electrons. The maximum absolute atomic E-state index is 12.3. The number of nitrogens with zero attached hydrogens (tertiary/aromatic N) is 3. The minimum absolute atomic E-state index is 0.399. The van der Waals surface area contributed by atoms with Gasteiger partial charge in [-0.2, -0.15) is 5.10 Å². The monoisotopic (exact) mass is 507 g/mol. The molecule has 8 heteroatoms. The highest BCUT2D eigenvalue weighted by atomic mass is 35.5. The molecular weight excluding hydrogens is 474 g/mol. The predicted octanol–water partition coefficient (Wildman–Crippen LogP) is 5.76. The van der Waals surface area contributed by atoms with Crippen LogP contribution in [-0.4, -0.2) is 56.5 Å². The number of morpholine rings is 1. The number of ether oxygens (including phenoxy) is 1. The first-order chi connectivity index (χ1) is 17.6. The summed E-state index contributed by atoms with van der Waals surface area (Å²) in [5.41, 5.74) is 9.27. The van der Waals surface area contributed by atoms with Crippen LogP contribution in [0.3, 0.4) is 0 Å². The van der Waals surface area contributed by atoms with Crippen LogP contribution < -0.4 is 15.6 Å². The maximum Gasteiger partial charge on any atom is 0.339 e. The van der Waals surface area contributed by atoms with Crippen LogP contribution in [0.1, 0.15) is 32.3 Å². The average molecular weight is 508 g/mol. The van der Waals surface area contributed by atoms with Crippen molar-refractivity contribution in [2.24, 2.45) is 5.10 Å². The lowest BCUT2D eigenvalue weighted by molar-refractivity contribution is 0.0548. The predicted molar refractivity (Wildman–Crippen MR) is 149 cm³/mol. The molecule has 0 spiro atoms. The second kappa shape index (κ2) is 12.6. The van der Waals surface area contributed by atoms with Gasteiger partial charge in [-0.15, -0.1) is 0 Å². The van der Waals surface area contributed by atoms with E-state index in [9.17, 15) is 4.79 Å². The van der Waals surface area contributed by atoms with Crippen molar-refractivity contribution >= 4 is 41.3 Å². The van der Waals surface area contributed by atoms with E-state index in [0.717, 1.165) is 44.6 Å². The molecule has 2 aliphatic rings. The Labute approximate surface area is 218 Å². The number of amides is 2. The van der Waals surface area contributed by atoms with Gasteiger partial charge in [0.2, 0.25) is 0 Å². The highest BCUT2D eigenvalue weighted by molar-refractivity contribution is 6.30. The van der Waals surface area contributed by atoms with Gasteiger partial charge in [0.25, 0.3) is 0 Å². The molecule has 2 aromatic rings. The molecule has 2 N–H and O–H groups in total. The molecule has 1 aliphatic heterocycles. The highest BCUT2D eigenvalue weighted by Crippen LogP contribution is 2.35. The third-order valence-corrected chi connectivity index (χ3v) is 6.70. The number of hydrazone groups is 1. The zero-order valence-corrected chi connectivity index (χ0v) is 21.7. The summed E-state index contributed by atoms with van der Waals surface area (Å²) < 4.78 is 5.59. The Bertz CT molecular complexity index is 1120. The number of allylic oxidation sites excluding steroid dienone is 2. The number of rotatable bonds is 8. The maximum atomic E-state index is 12.3. The summed E-state index contributed by atoms with van der Waals surface area (Å²) in [4.78, 5) is 17.0. The van der Waals surface area contributed by atoms with Crippen molar-refractivity contribution in [1.82, 2.24) is 10.3 Å². The van der Waals surface area contributed by atoms with Crippen LogP contribution >= 0.6 is 11.6 Å². The average Bonchev–Trinajstić information content (AvgIpc) is 3.29. The topological polar surface area (TPSA) is 69.2 Å². The summed E-state index contributed by atoms with van der Waals surface area (Å²) in [5, 5.41) is 7.61. The molecule has 0 aromatic heterocycles. The molecule has 1 aliphatic carbocycles. The standard InChI is InChI=1S/C28H34ClN5O2/c1-3-33(4-2)26-13-5-21(6-14-26)19-22-7-8-23(27(22)34-15-17-36-18-16-34)20-30-32-28(35)31-25-11-9-24(29)10-12-25/h5-6,9-14,19-20H,3-4,7-8,15-18H2,1-2H3,(H2,31,32,35). The summed E-state index contributed by atoms with van der Waals surface area (Å²) in [6, 6.07) is 15.3. The minimum Gasteiger partial charge on any atom is -0.378 e. The second-order valence-corrected chi connectivity index (χ2v) is 9.17. The first-order valence-electron chi connectivity index (χ1n) is 12.5. The Morgan fingerprint density at radius 2 is 1.75 bits per heavy atom. The van der Waals surface area contributed by atoms with E-state index in [4.69, 9.17) is 16.3 Å². The molecule has 7 nitrogen and oxygen atoms in total. The zero-order chi connectivity index (χ0) is 25.3. The van der Waals surface area contributed by atoms with Gasteiger partial charge in [-0.25, -0.2) is 10.2 Å². The van der Waals surface area contributed by atoms with Gasteiger partial charge in [0, 0.05) is 48.3 Å². The molecule has 0 atom stereocenters.